The van der Waals surface area contributed by atoms with Gasteiger partial charge in [0.25, 0.3) is 5.69 Å². The Morgan fingerprint density at radius 3 is 2.52 bits per heavy atom. The number of amides is 1. The lowest BCUT2D eigenvalue weighted by molar-refractivity contribution is -0.386. The van der Waals surface area contributed by atoms with Gasteiger partial charge in [0.1, 0.15) is 6.61 Å². The number of para-hydroxylation sites is 1. The Labute approximate surface area is 178 Å². The van der Waals surface area contributed by atoms with Crippen molar-refractivity contribution in [1.82, 2.24) is 4.90 Å². The summed E-state index contributed by atoms with van der Waals surface area (Å²) in [6.45, 7) is 1.63. The van der Waals surface area contributed by atoms with Gasteiger partial charge in [-0.3, -0.25) is 19.8 Å². The van der Waals surface area contributed by atoms with E-state index >= 15 is 0 Å². The Balaban J connectivity index is 2.01. The third-order valence-corrected chi connectivity index (χ3v) is 5.23. The molecule has 160 valence electrons. The van der Waals surface area contributed by atoms with Gasteiger partial charge in [0, 0.05) is 12.6 Å². The zero-order valence-corrected chi connectivity index (χ0v) is 16.9. The predicted molar refractivity (Wildman–Crippen MR) is 108 cm³/mol. The number of hydrogen-bond donors (Lipinski definition) is 0. The highest BCUT2D eigenvalue weighted by Crippen LogP contribution is 2.50. The van der Waals surface area contributed by atoms with Crippen molar-refractivity contribution >= 4 is 17.7 Å². The molecule has 1 fully saturated rings. The largest absolute Gasteiger partial charge is 0.465 e. The molecule has 1 heterocycles. The quantitative estimate of drug-likeness (QED) is 0.394. The number of nitro benzene ring substituents is 1. The van der Waals surface area contributed by atoms with Gasteiger partial charge < -0.3 is 9.47 Å². The molecule has 2 aromatic rings. The predicted octanol–water partition coefficient (Wildman–Crippen LogP) is 3.75. The molecule has 1 amide bonds. The van der Waals surface area contributed by atoms with E-state index in [-0.39, 0.29) is 37.4 Å². The first-order valence-corrected chi connectivity index (χ1v) is 9.73. The lowest BCUT2D eigenvalue weighted by Gasteiger charge is -2.31. The Morgan fingerprint density at radius 1 is 1.19 bits per heavy atom. The van der Waals surface area contributed by atoms with Crippen molar-refractivity contribution in [2.45, 2.75) is 26.0 Å². The molecule has 0 spiro atoms. The van der Waals surface area contributed by atoms with Crippen LogP contribution in [0.4, 0.5) is 10.5 Å². The van der Waals surface area contributed by atoms with Crippen LogP contribution in [0.5, 0.6) is 0 Å². The van der Waals surface area contributed by atoms with Crippen molar-refractivity contribution in [3.05, 3.63) is 75.8 Å². The van der Waals surface area contributed by atoms with Gasteiger partial charge in [-0.05, 0) is 25.0 Å². The van der Waals surface area contributed by atoms with Crippen LogP contribution in [0.3, 0.4) is 0 Å². The molecule has 0 bridgehead atoms. The molecule has 0 N–H and O–H groups in total. The SMILES string of the molecule is CCOC(=O)[C@]1(C#N)CCN(C(=O)OCc2ccccc2)[C@H]1c1ccccc1[N+](=O)[O-]. The highest BCUT2D eigenvalue weighted by atomic mass is 16.6. The van der Waals surface area contributed by atoms with E-state index in [1.165, 1.54) is 23.1 Å². The van der Waals surface area contributed by atoms with E-state index in [9.17, 15) is 25.0 Å². The number of benzene rings is 2. The van der Waals surface area contributed by atoms with E-state index in [0.717, 1.165) is 5.56 Å². The lowest BCUT2D eigenvalue weighted by atomic mass is 9.78. The summed E-state index contributed by atoms with van der Waals surface area (Å²) in [5, 5.41) is 21.6. The van der Waals surface area contributed by atoms with Crippen LogP contribution in [0, 0.1) is 26.9 Å². The van der Waals surface area contributed by atoms with E-state index < -0.39 is 28.4 Å². The van der Waals surface area contributed by atoms with Crippen molar-refractivity contribution in [2.24, 2.45) is 5.41 Å². The molecule has 1 aliphatic rings. The standard InChI is InChI=1S/C22H21N3O6/c1-2-30-20(26)22(15-23)12-13-24(21(27)31-14-16-8-4-3-5-9-16)19(22)17-10-6-7-11-18(17)25(28)29/h3-11,19H,2,12-14H2,1H3/t19-,22-/m0/s1. The molecular formula is C22H21N3O6. The second-order valence-electron chi connectivity index (χ2n) is 7.01. The van der Waals surface area contributed by atoms with Crippen LogP contribution < -0.4 is 0 Å². The zero-order chi connectivity index (χ0) is 22.4. The number of carbonyl (C=O) groups excluding carboxylic acids is 2. The molecule has 2 atom stereocenters. The van der Waals surface area contributed by atoms with Gasteiger partial charge in [-0.15, -0.1) is 0 Å². The summed E-state index contributed by atoms with van der Waals surface area (Å²) in [4.78, 5) is 38.0. The molecule has 0 aromatic heterocycles. The number of rotatable bonds is 6. The first-order chi connectivity index (χ1) is 14.9. The highest BCUT2D eigenvalue weighted by molar-refractivity contribution is 5.84. The fourth-order valence-corrected chi connectivity index (χ4v) is 3.78. The number of carbonyl (C=O) groups is 2. The average molecular weight is 423 g/mol. The first-order valence-electron chi connectivity index (χ1n) is 9.73. The summed E-state index contributed by atoms with van der Waals surface area (Å²) < 4.78 is 10.5. The molecule has 1 saturated heterocycles. The number of nitriles is 1. The summed E-state index contributed by atoms with van der Waals surface area (Å²) in [6, 6.07) is 15.5. The van der Waals surface area contributed by atoms with Gasteiger partial charge >= 0.3 is 12.1 Å². The molecule has 0 saturated carbocycles. The van der Waals surface area contributed by atoms with E-state index in [2.05, 4.69) is 0 Å². The summed E-state index contributed by atoms with van der Waals surface area (Å²) in [5.41, 5.74) is -1.24. The van der Waals surface area contributed by atoms with Gasteiger partial charge in [-0.1, -0.05) is 42.5 Å². The molecule has 0 aliphatic carbocycles. The second-order valence-corrected chi connectivity index (χ2v) is 7.01. The smallest absolute Gasteiger partial charge is 0.410 e. The molecule has 0 unspecified atom stereocenters. The van der Waals surface area contributed by atoms with E-state index in [4.69, 9.17) is 9.47 Å². The molecule has 3 rings (SSSR count). The van der Waals surface area contributed by atoms with Crippen LogP contribution in [0.25, 0.3) is 0 Å². The van der Waals surface area contributed by atoms with Crippen LogP contribution in [0.2, 0.25) is 0 Å². The Hall–Kier alpha value is -3.93. The monoisotopic (exact) mass is 423 g/mol. The third kappa shape index (κ3) is 4.19. The number of nitro groups is 1. The molecule has 9 heteroatoms. The second kappa shape index (κ2) is 9.26. The van der Waals surface area contributed by atoms with Gasteiger partial charge in [-0.2, -0.15) is 5.26 Å². The van der Waals surface area contributed by atoms with Gasteiger partial charge in [0.2, 0.25) is 0 Å². The molecule has 9 nitrogen and oxygen atoms in total. The fraction of sp³-hybridized carbons (Fsp3) is 0.318. The summed E-state index contributed by atoms with van der Waals surface area (Å²) in [5.74, 6) is -0.820. The Bertz CT molecular complexity index is 1020. The van der Waals surface area contributed by atoms with Crippen molar-refractivity contribution in [3.63, 3.8) is 0 Å². The summed E-state index contributed by atoms with van der Waals surface area (Å²) in [7, 11) is 0. The van der Waals surface area contributed by atoms with Crippen LogP contribution in [-0.2, 0) is 20.9 Å². The van der Waals surface area contributed by atoms with Gasteiger partial charge in [-0.25, -0.2) is 4.79 Å². The van der Waals surface area contributed by atoms with Crippen LogP contribution >= 0.6 is 0 Å². The number of likely N-dealkylation sites (tertiary alicyclic amines) is 1. The molecule has 31 heavy (non-hydrogen) atoms. The van der Waals surface area contributed by atoms with Crippen LogP contribution in [-0.4, -0.2) is 35.0 Å². The van der Waals surface area contributed by atoms with Gasteiger partial charge in [0.05, 0.1) is 29.2 Å². The zero-order valence-electron chi connectivity index (χ0n) is 16.9. The molecule has 1 aliphatic heterocycles. The average Bonchev–Trinajstić information content (AvgIpc) is 3.19. The third-order valence-electron chi connectivity index (χ3n) is 5.23. The maximum atomic E-state index is 12.9. The minimum Gasteiger partial charge on any atom is -0.465 e. The maximum absolute atomic E-state index is 12.9. The normalized spacial score (nSPS) is 20.0. The Morgan fingerprint density at radius 2 is 1.87 bits per heavy atom. The summed E-state index contributed by atoms with van der Waals surface area (Å²) >= 11 is 0. The highest BCUT2D eigenvalue weighted by Gasteiger charge is 2.58. The number of esters is 1. The fourth-order valence-electron chi connectivity index (χ4n) is 3.78. The minimum absolute atomic E-state index is 0.0106. The molecule has 0 radical (unpaired) electrons. The van der Waals surface area contributed by atoms with Crippen molar-refractivity contribution in [3.8, 4) is 6.07 Å². The number of nitrogens with zero attached hydrogens (tertiary/aromatic N) is 3. The topological polar surface area (TPSA) is 123 Å². The lowest BCUT2D eigenvalue weighted by Crippen LogP contribution is -2.41. The van der Waals surface area contributed by atoms with Crippen molar-refractivity contribution in [2.75, 3.05) is 13.2 Å². The number of ether oxygens (including phenoxy) is 2. The van der Waals surface area contributed by atoms with Gasteiger partial charge in [0.15, 0.2) is 5.41 Å². The molecule has 2 aromatic carbocycles. The minimum atomic E-state index is -1.78. The first kappa shape index (κ1) is 21.8. The van der Waals surface area contributed by atoms with Crippen molar-refractivity contribution in [1.29, 1.82) is 5.26 Å². The maximum Gasteiger partial charge on any atom is 0.410 e. The van der Waals surface area contributed by atoms with E-state index in [1.54, 1.807) is 37.3 Å². The number of hydrogen-bond acceptors (Lipinski definition) is 7. The van der Waals surface area contributed by atoms with Crippen LogP contribution in [0.15, 0.2) is 54.6 Å². The summed E-state index contributed by atoms with van der Waals surface area (Å²) in [6.07, 6.45) is -0.798. The van der Waals surface area contributed by atoms with E-state index in [1.807, 2.05) is 12.1 Å². The van der Waals surface area contributed by atoms with E-state index in [0.29, 0.717) is 0 Å². The van der Waals surface area contributed by atoms with Crippen molar-refractivity contribution < 1.29 is 24.0 Å². The molecular weight excluding hydrogens is 402 g/mol. The van der Waals surface area contributed by atoms with Crippen LogP contribution in [0.1, 0.15) is 30.5 Å². The Kier molecular flexibility index (Phi) is 6.50.